The quantitative estimate of drug-likeness (QED) is 0.658. The van der Waals surface area contributed by atoms with E-state index in [-0.39, 0.29) is 2.85 Å². The Hall–Kier alpha value is -0.730. The van der Waals surface area contributed by atoms with Crippen molar-refractivity contribution >= 4 is 6.03 Å². The van der Waals surface area contributed by atoms with Crippen molar-refractivity contribution in [3.05, 3.63) is 0 Å². The van der Waals surface area contributed by atoms with Crippen LogP contribution in [-0.2, 0) is 0 Å². The third-order valence-electron chi connectivity index (χ3n) is 4.77. The number of fused-ring (bicyclic) bond motifs is 1. The minimum atomic E-state index is -0.495. The molecule has 98 valence electrons. The summed E-state index contributed by atoms with van der Waals surface area (Å²) < 4.78 is 0. The van der Waals surface area contributed by atoms with Crippen molar-refractivity contribution in [3.63, 3.8) is 0 Å². The third kappa shape index (κ3) is 2.89. The van der Waals surface area contributed by atoms with E-state index in [0.29, 0.717) is 0 Å². The van der Waals surface area contributed by atoms with Gasteiger partial charge >= 0.3 is 6.03 Å². The van der Waals surface area contributed by atoms with Crippen LogP contribution in [0.15, 0.2) is 0 Å². The van der Waals surface area contributed by atoms with E-state index in [1.807, 2.05) is 0 Å². The van der Waals surface area contributed by atoms with Gasteiger partial charge in [0.25, 0.3) is 0 Å². The molecule has 0 aliphatic heterocycles. The minimum Gasteiger partial charge on any atom is -0.352 e. The van der Waals surface area contributed by atoms with Gasteiger partial charge in [-0.05, 0) is 42.9 Å². The first kappa shape index (κ1) is 13.3. The van der Waals surface area contributed by atoms with Gasteiger partial charge in [0.05, 0.1) is 0 Å². The molecule has 16 heavy (non-hydrogen) atoms. The highest BCUT2D eigenvalue weighted by Gasteiger charge is 2.44. The molecule has 2 aliphatic carbocycles. The molecule has 2 aliphatic rings. The molecule has 3 nitrogen and oxygen atoms in total. The van der Waals surface area contributed by atoms with E-state index in [1.54, 1.807) is 0 Å². The van der Waals surface area contributed by atoms with Crippen molar-refractivity contribution in [2.45, 2.75) is 52.4 Å². The number of hydrogen-bond acceptors (Lipinski definition) is 1. The smallest absolute Gasteiger partial charge is 0.311 e. The van der Waals surface area contributed by atoms with E-state index >= 15 is 0 Å². The number of rotatable bonds is 0. The molecule has 0 radical (unpaired) electrons. The minimum absolute atomic E-state index is 0. The molecule has 0 spiro atoms. The Labute approximate surface area is 102 Å². The molecular formula is C13H30N2O. The summed E-state index contributed by atoms with van der Waals surface area (Å²) in [6.45, 7) is 5.00. The van der Waals surface area contributed by atoms with Crippen LogP contribution in [0.3, 0.4) is 0 Å². The molecule has 0 bridgehead atoms. The maximum absolute atomic E-state index is 9.48. The van der Waals surface area contributed by atoms with E-state index in [4.69, 9.17) is 0 Å². The predicted octanol–water partition coefficient (Wildman–Crippen LogP) is 3.39. The maximum atomic E-state index is 9.48. The van der Waals surface area contributed by atoms with Gasteiger partial charge in [0.1, 0.15) is 0 Å². The number of nitrogens with two attached hydrogens (primary N) is 1. The zero-order chi connectivity index (χ0) is 12.2. The molecule has 1 unspecified atom stereocenters. The first-order chi connectivity index (χ1) is 7.50. The molecule has 2 saturated carbocycles. The predicted molar refractivity (Wildman–Crippen MR) is 71.3 cm³/mol. The van der Waals surface area contributed by atoms with Crippen molar-refractivity contribution in [1.82, 2.24) is 5.32 Å². The molecule has 3 heteroatoms. The van der Waals surface area contributed by atoms with E-state index < -0.39 is 6.03 Å². The topological polar surface area (TPSA) is 55.1 Å². The number of carbonyl (C=O) groups excluding carboxylic acids is 1. The van der Waals surface area contributed by atoms with Gasteiger partial charge in [0.2, 0.25) is 0 Å². The molecule has 3 N–H and O–H groups in total. The van der Waals surface area contributed by atoms with Crippen LogP contribution in [0, 0.1) is 17.3 Å². The Balaban J connectivity index is 0. The summed E-state index contributed by atoms with van der Waals surface area (Å²) in [5.74, 6) is 2.10. The molecule has 0 aromatic heterocycles. The van der Waals surface area contributed by atoms with Crippen molar-refractivity contribution in [3.8, 4) is 0 Å². The van der Waals surface area contributed by atoms with Crippen molar-refractivity contribution < 1.29 is 7.65 Å². The van der Waals surface area contributed by atoms with Crippen LogP contribution in [0.2, 0.25) is 0 Å². The summed E-state index contributed by atoms with van der Waals surface area (Å²) in [6, 6.07) is -0.495. The summed E-state index contributed by atoms with van der Waals surface area (Å²) in [5, 5.41) is 2.17. The number of primary amides is 1. The molecule has 0 aromatic rings. The van der Waals surface area contributed by atoms with Gasteiger partial charge in [-0.3, -0.25) is 0 Å². The number of urea groups is 1. The Morgan fingerprint density at radius 3 is 2.50 bits per heavy atom. The second kappa shape index (κ2) is 5.55. The lowest BCUT2D eigenvalue weighted by molar-refractivity contribution is 0.109. The second-order valence-corrected chi connectivity index (χ2v) is 5.54. The van der Waals surface area contributed by atoms with Gasteiger partial charge in [-0.2, -0.15) is 0 Å². The highest BCUT2D eigenvalue weighted by atomic mass is 16.2. The number of carbonyl (C=O) groups is 1. The molecule has 3 atom stereocenters. The lowest BCUT2D eigenvalue weighted by atomic mass is 9.66. The van der Waals surface area contributed by atoms with Gasteiger partial charge in [0.15, 0.2) is 0 Å². The van der Waals surface area contributed by atoms with Gasteiger partial charge in [-0.25, -0.2) is 4.79 Å². The average molecular weight is 230 g/mol. The molecular weight excluding hydrogens is 200 g/mol. The first-order valence-corrected chi connectivity index (χ1v) is 6.48. The Morgan fingerprint density at radius 1 is 1.38 bits per heavy atom. The van der Waals surface area contributed by atoms with Gasteiger partial charge < -0.3 is 11.1 Å². The van der Waals surface area contributed by atoms with Crippen LogP contribution in [0.5, 0.6) is 0 Å². The van der Waals surface area contributed by atoms with Gasteiger partial charge in [-0.1, -0.05) is 26.7 Å². The largest absolute Gasteiger partial charge is 0.352 e. The normalized spacial score (nSPS) is 36.9. The fourth-order valence-electron chi connectivity index (χ4n) is 3.33. The van der Waals surface area contributed by atoms with Crippen LogP contribution >= 0.6 is 0 Å². The van der Waals surface area contributed by atoms with Gasteiger partial charge in [0, 0.05) is 9.90 Å². The van der Waals surface area contributed by atoms with E-state index in [0.717, 1.165) is 17.3 Å². The van der Waals surface area contributed by atoms with Gasteiger partial charge in [-0.15, -0.1) is 0 Å². The van der Waals surface area contributed by atoms with Crippen molar-refractivity contribution in [2.24, 2.45) is 23.0 Å². The summed E-state index contributed by atoms with van der Waals surface area (Å²) in [4.78, 5) is 9.48. The lowest BCUT2D eigenvalue weighted by Gasteiger charge is -2.39. The average Bonchev–Trinajstić information content (AvgIpc) is 2.56. The second-order valence-electron chi connectivity index (χ2n) is 5.54. The molecule has 2 fully saturated rings. The van der Waals surface area contributed by atoms with Crippen LogP contribution < -0.4 is 11.1 Å². The zero-order valence-corrected chi connectivity index (χ0v) is 10.9. The van der Waals surface area contributed by atoms with Crippen LogP contribution in [0.4, 0.5) is 4.79 Å². The van der Waals surface area contributed by atoms with Crippen molar-refractivity contribution in [2.75, 3.05) is 7.05 Å². The highest BCUT2D eigenvalue weighted by molar-refractivity contribution is 5.71. The summed E-state index contributed by atoms with van der Waals surface area (Å²) >= 11 is 0. The maximum Gasteiger partial charge on any atom is 0.311 e. The Kier molecular flexibility index (Phi) is 4.63. The molecule has 0 heterocycles. The monoisotopic (exact) mass is 230 g/mol. The zero-order valence-electron chi connectivity index (χ0n) is 10.9. The summed E-state index contributed by atoms with van der Waals surface area (Å²) in [7, 11) is 1.47. The van der Waals surface area contributed by atoms with E-state index in [2.05, 4.69) is 24.9 Å². The fourth-order valence-corrected chi connectivity index (χ4v) is 3.33. The molecule has 2 rings (SSSR count). The third-order valence-corrected chi connectivity index (χ3v) is 4.77. The molecule has 0 saturated heterocycles. The summed E-state index contributed by atoms with van der Waals surface area (Å²) in [6.07, 6.45) is 9.07. The van der Waals surface area contributed by atoms with E-state index in [1.165, 1.54) is 45.6 Å². The molecule has 2 amide bonds. The van der Waals surface area contributed by atoms with Crippen LogP contribution in [-0.4, -0.2) is 13.1 Å². The fraction of sp³-hybridized carbons (Fsp3) is 0.923. The Bertz CT molecular complexity index is 249. The number of nitrogens with one attached hydrogen (secondary N) is 1. The SMILES string of the molecule is CNC(N)=O.C[C@@H]1CCC2CCCC[C@]21C.[HH].[HH]. The van der Waals surface area contributed by atoms with E-state index in [9.17, 15) is 4.79 Å². The summed E-state index contributed by atoms with van der Waals surface area (Å²) in [5.41, 5.74) is 5.29. The van der Waals surface area contributed by atoms with Crippen LogP contribution in [0.1, 0.15) is 55.2 Å². The Morgan fingerprint density at radius 2 is 2.00 bits per heavy atom. The standard InChI is InChI=1S/C11H20.C2H6N2O.2H2/c1-9-6-7-10-5-3-4-8-11(9,10)2;1-4-2(3)5;;/h9-10H,3-8H2,1-2H3;1H3,(H3,3,4,5);2*1H/t9-,10?,11+;;;/m1.../s1. The lowest BCUT2D eigenvalue weighted by Crippen LogP contribution is -2.30. The first-order valence-electron chi connectivity index (χ1n) is 6.48. The van der Waals surface area contributed by atoms with Crippen molar-refractivity contribution in [1.29, 1.82) is 0 Å². The molecule has 0 aromatic carbocycles. The number of amides is 2. The number of hydrogen-bond donors (Lipinski definition) is 2. The highest BCUT2D eigenvalue weighted by Crippen LogP contribution is 2.54. The van der Waals surface area contributed by atoms with Crippen LogP contribution in [0.25, 0.3) is 0 Å².